The van der Waals surface area contributed by atoms with Gasteiger partial charge in [-0.05, 0) is 24.5 Å². The molecule has 1 aliphatic rings. The molecule has 0 heterocycles. The first-order valence-corrected chi connectivity index (χ1v) is 6.96. The summed E-state index contributed by atoms with van der Waals surface area (Å²) in [7, 11) is 1.48. The second kappa shape index (κ2) is 6.87. The number of carboxylic acid groups (broad SMARTS) is 1. The van der Waals surface area contributed by atoms with E-state index in [0.717, 1.165) is 0 Å². The lowest BCUT2D eigenvalue weighted by molar-refractivity contribution is -0.125. The predicted molar refractivity (Wildman–Crippen MR) is 74.4 cm³/mol. The van der Waals surface area contributed by atoms with Crippen molar-refractivity contribution in [3.63, 3.8) is 0 Å². The Kier molecular flexibility index (Phi) is 5.14. The van der Waals surface area contributed by atoms with Crippen molar-refractivity contribution < 1.29 is 23.8 Å². The largest absolute Gasteiger partial charge is 0.465 e. The van der Waals surface area contributed by atoms with Crippen LogP contribution in [0.1, 0.15) is 31.2 Å². The molecule has 1 unspecified atom stereocenters. The minimum absolute atomic E-state index is 0.0272. The highest BCUT2D eigenvalue weighted by atomic mass is 19.1. The Morgan fingerprint density at radius 3 is 2.81 bits per heavy atom. The van der Waals surface area contributed by atoms with Crippen LogP contribution in [0.4, 0.5) is 9.18 Å². The number of rotatable bonds is 7. The first-order chi connectivity index (χ1) is 10.1. The summed E-state index contributed by atoms with van der Waals surface area (Å²) in [5.41, 5.74) is 0.565. The smallest absolute Gasteiger partial charge is 0.409 e. The van der Waals surface area contributed by atoms with Crippen LogP contribution < -0.4 is 0 Å². The van der Waals surface area contributed by atoms with Gasteiger partial charge in [-0.2, -0.15) is 0 Å². The third-order valence-electron chi connectivity index (χ3n) is 3.68. The molecule has 3 atom stereocenters. The summed E-state index contributed by atoms with van der Waals surface area (Å²) in [6.45, 7) is 1.87. The van der Waals surface area contributed by atoms with Gasteiger partial charge in [-0.15, -0.1) is 0 Å². The van der Waals surface area contributed by atoms with Crippen LogP contribution in [0.3, 0.4) is 0 Å². The Bertz CT molecular complexity index is 496. The second-order valence-corrected chi connectivity index (χ2v) is 5.06. The summed E-state index contributed by atoms with van der Waals surface area (Å²) >= 11 is 0. The van der Waals surface area contributed by atoms with Crippen LogP contribution >= 0.6 is 0 Å². The molecule has 0 radical (unpaired) electrons. The number of amides is 1. The van der Waals surface area contributed by atoms with Gasteiger partial charge in [0.15, 0.2) is 0 Å². The van der Waals surface area contributed by atoms with Crippen molar-refractivity contribution in [3.8, 4) is 0 Å². The molecule has 116 valence electrons. The number of benzene rings is 1. The first kappa shape index (κ1) is 15.7. The molecule has 0 bridgehead atoms. The molecular formula is C15H20FNO4. The molecule has 6 heteroatoms. The quantitative estimate of drug-likeness (QED) is 0.786. The SMILES string of the molecule is CCC(OCOC)N(C(=O)O)[C@H]1C[C@H]1c1ccccc1F. The van der Waals surface area contributed by atoms with Gasteiger partial charge in [0.2, 0.25) is 0 Å². The molecule has 1 N–H and O–H groups in total. The number of carbonyl (C=O) groups is 1. The number of ether oxygens (including phenoxy) is 2. The van der Waals surface area contributed by atoms with Gasteiger partial charge in [0, 0.05) is 19.1 Å². The molecule has 0 aromatic heterocycles. The molecular weight excluding hydrogens is 277 g/mol. The van der Waals surface area contributed by atoms with E-state index in [1.807, 2.05) is 6.92 Å². The van der Waals surface area contributed by atoms with Gasteiger partial charge in [0.1, 0.15) is 18.8 Å². The van der Waals surface area contributed by atoms with Crippen LogP contribution in [0, 0.1) is 5.82 Å². The third kappa shape index (κ3) is 3.51. The van der Waals surface area contributed by atoms with Crippen molar-refractivity contribution in [2.75, 3.05) is 13.9 Å². The summed E-state index contributed by atoms with van der Waals surface area (Å²) in [5.74, 6) is -0.399. The van der Waals surface area contributed by atoms with E-state index in [1.165, 1.54) is 18.1 Å². The maximum atomic E-state index is 13.8. The zero-order valence-electron chi connectivity index (χ0n) is 12.2. The van der Waals surface area contributed by atoms with E-state index in [2.05, 4.69) is 0 Å². The number of hydrogen-bond acceptors (Lipinski definition) is 3. The summed E-state index contributed by atoms with van der Waals surface area (Å²) < 4.78 is 24.0. The molecule has 0 aliphatic heterocycles. The number of halogens is 1. The van der Waals surface area contributed by atoms with Gasteiger partial charge in [0.25, 0.3) is 0 Å². The lowest BCUT2D eigenvalue weighted by atomic mass is 10.1. The number of methoxy groups -OCH3 is 1. The second-order valence-electron chi connectivity index (χ2n) is 5.06. The number of nitrogens with zero attached hydrogens (tertiary/aromatic N) is 1. The molecule has 1 aromatic carbocycles. The maximum absolute atomic E-state index is 13.8. The van der Waals surface area contributed by atoms with Crippen molar-refractivity contribution in [3.05, 3.63) is 35.6 Å². The monoisotopic (exact) mass is 297 g/mol. The van der Waals surface area contributed by atoms with E-state index in [4.69, 9.17) is 9.47 Å². The summed E-state index contributed by atoms with van der Waals surface area (Å²) in [5, 5.41) is 9.43. The van der Waals surface area contributed by atoms with Gasteiger partial charge in [0.05, 0.1) is 0 Å². The molecule has 1 saturated carbocycles. The molecule has 5 nitrogen and oxygen atoms in total. The zero-order valence-corrected chi connectivity index (χ0v) is 12.2. The standard InChI is InChI=1S/C15H20FNO4/c1-3-14(21-9-20-2)17(15(18)19)13-8-11(13)10-6-4-5-7-12(10)16/h4-7,11,13-14H,3,8-9H2,1-2H3,(H,18,19)/t11-,13-,14?/m0/s1. The van der Waals surface area contributed by atoms with Gasteiger partial charge in [-0.3, -0.25) is 4.90 Å². The molecule has 0 saturated heterocycles. The fraction of sp³-hybridized carbons (Fsp3) is 0.533. The van der Waals surface area contributed by atoms with Crippen LogP contribution in [0.5, 0.6) is 0 Å². The Balaban J connectivity index is 2.11. The van der Waals surface area contributed by atoms with E-state index < -0.39 is 12.3 Å². The van der Waals surface area contributed by atoms with E-state index >= 15 is 0 Å². The first-order valence-electron chi connectivity index (χ1n) is 6.96. The molecule has 0 spiro atoms. The third-order valence-corrected chi connectivity index (χ3v) is 3.68. The number of hydrogen-bond donors (Lipinski definition) is 1. The summed E-state index contributed by atoms with van der Waals surface area (Å²) in [6.07, 6.45) is -0.512. The van der Waals surface area contributed by atoms with Crippen molar-refractivity contribution in [2.24, 2.45) is 0 Å². The molecule has 1 amide bonds. The van der Waals surface area contributed by atoms with Crippen LogP contribution in [-0.2, 0) is 9.47 Å². The highest BCUT2D eigenvalue weighted by Crippen LogP contribution is 2.46. The van der Waals surface area contributed by atoms with Crippen molar-refractivity contribution in [2.45, 2.75) is 38.0 Å². The van der Waals surface area contributed by atoms with Crippen molar-refractivity contribution in [1.29, 1.82) is 0 Å². The highest BCUT2D eigenvalue weighted by Gasteiger charge is 2.48. The lowest BCUT2D eigenvalue weighted by Crippen LogP contribution is -2.43. The minimum Gasteiger partial charge on any atom is -0.465 e. The predicted octanol–water partition coefficient (Wildman–Crippen LogP) is 3.02. The van der Waals surface area contributed by atoms with Crippen LogP contribution in [-0.4, -0.2) is 42.3 Å². The molecule has 1 aromatic rings. The van der Waals surface area contributed by atoms with Gasteiger partial charge < -0.3 is 14.6 Å². The molecule has 2 rings (SSSR count). The van der Waals surface area contributed by atoms with Gasteiger partial charge in [-0.25, -0.2) is 9.18 Å². The van der Waals surface area contributed by atoms with E-state index in [-0.39, 0.29) is 24.6 Å². The van der Waals surface area contributed by atoms with E-state index in [1.54, 1.807) is 18.2 Å². The molecule has 21 heavy (non-hydrogen) atoms. The van der Waals surface area contributed by atoms with Crippen LogP contribution in [0.2, 0.25) is 0 Å². The van der Waals surface area contributed by atoms with Crippen LogP contribution in [0.25, 0.3) is 0 Å². The Morgan fingerprint density at radius 2 is 2.24 bits per heavy atom. The average Bonchev–Trinajstić information content (AvgIpc) is 3.23. The Labute approximate surface area is 123 Å². The van der Waals surface area contributed by atoms with Gasteiger partial charge >= 0.3 is 6.09 Å². The van der Waals surface area contributed by atoms with Crippen molar-refractivity contribution in [1.82, 2.24) is 4.90 Å². The fourth-order valence-corrected chi connectivity index (χ4v) is 2.62. The van der Waals surface area contributed by atoms with E-state index in [0.29, 0.717) is 18.4 Å². The van der Waals surface area contributed by atoms with Crippen molar-refractivity contribution >= 4 is 6.09 Å². The fourth-order valence-electron chi connectivity index (χ4n) is 2.62. The van der Waals surface area contributed by atoms with Gasteiger partial charge in [-0.1, -0.05) is 25.1 Å². The minimum atomic E-state index is -1.05. The highest BCUT2D eigenvalue weighted by molar-refractivity contribution is 5.66. The molecule has 1 fully saturated rings. The normalized spacial score (nSPS) is 21.9. The lowest BCUT2D eigenvalue weighted by Gasteiger charge is -2.28. The zero-order chi connectivity index (χ0) is 15.4. The van der Waals surface area contributed by atoms with Crippen LogP contribution in [0.15, 0.2) is 24.3 Å². The Morgan fingerprint density at radius 1 is 1.52 bits per heavy atom. The molecule has 1 aliphatic carbocycles. The summed E-state index contributed by atoms with van der Waals surface area (Å²) in [4.78, 5) is 12.8. The average molecular weight is 297 g/mol. The van der Waals surface area contributed by atoms with E-state index in [9.17, 15) is 14.3 Å². The maximum Gasteiger partial charge on any atom is 0.409 e. The summed E-state index contributed by atoms with van der Waals surface area (Å²) in [6, 6.07) is 6.24. The Hall–Kier alpha value is -1.66. The topological polar surface area (TPSA) is 59.0 Å².